The largest absolute Gasteiger partial charge is 0.454 e. The van der Waals surface area contributed by atoms with E-state index in [4.69, 9.17) is 14.4 Å². The number of thiophene rings is 1. The molecule has 0 atom stereocenters. The van der Waals surface area contributed by atoms with Gasteiger partial charge in [-0.1, -0.05) is 115 Å². The molecule has 0 unspecified atom stereocenters. The summed E-state index contributed by atoms with van der Waals surface area (Å²) in [5.41, 5.74) is 8.91. The molecular weight excluding hydrogens is 667 g/mol. The number of furan rings is 1. The van der Waals surface area contributed by atoms with E-state index in [1.54, 1.807) is 11.3 Å². The number of nitrogens with zero attached hydrogens (tertiary/aromatic N) is 3. The fraction of sp³-hybridized carbons (Fsp3) is 0. The van der Waals surface area contributed by atoms with Crippen molar-refractivity contribution in [2.75, 3.05) is 0 Å². The maximum atomic E-state index is 6.89. The molecule has 12 aromatic rings. The first-order valence-electron chi connectivity index (χ1n) is 17.8. The molecule has 0 amide bonds. The molecule has 4 aromatic heterocycles. The van der Waals surface area contributed by atoms with Gasteiger partial charge in [-0.05, 0) is 70.1 Å². The van der Waals surface area contributed by atoms with Crippen molar-refractivity contribution in [1.29, 1.82) is 0 Å². The van der Waals surface area contributed by atoms with Gasteiger partial charge in [0.15, 0.2) is 11.4 Å². The summed E-state index contributed by atoms with van der Waals surface area (Å²) < 4.78 is 11.5. The summed E-state index contributed by atoms with van der Waals surface area (Å²) in [6.45, 7) is 0. The molecule has 0 N–H and O–H groups in total. The monoisotopic (exact) mass is 693 g/mol. The smallest absolute Gasteiger partial charge is 0.160 e. The third-order valence-corrected chi connectivity index (χ3v) is 11.9. The van der Waals surface area contributed by atoms with Gasteiger partial charge in [0.1, 0.15) is 5.58 Å². The lowest BCUT2D eigenvalue weighted by Crippen LogP contribution is -1.94. The Morgan fingerprint density at radius 2 is 1.19 bits per heavy atom. The lowest BCUT2D eigenvalue weighted by molar-refractivity contribution is 0.666. The van der Waals surface area contributed by atoms with Gasteiger partial charge < -0.3 is 8.98 Å². The Morgan fingerprint density at radius 1 is 0.472 bits per heavy atom. The number of para-hydroxylation sites is 2. The Labute approximate surface area is 306 Å². The third kappa shape index (κ3) is 4.23. The van der Waals surface area contributed by atoms with Gasteiger partial charge in [-0.25, -0.2) is 9.97 Å². The lowest BCUT2D eigenvalue weighted by atomic mass is 10.0. The van der Waals surface area contributed by atoms with Crippen molar-refractivity contribution in [3.8, 4) is 28.3 Å². The van der Waals surface area contributed by atoms with Crippen molar-refractivity contribution in [2.45, 2.75) is 0 Å². The van der Waals surface area contributed by atoms with Crippen LogP contribution in [0.25, 0.3) is 114 Å². The second kappa shape index (κ2) is 10.8. The van der Waals surface area contributed by atoms with Crippen molar-refractivity contribution in [2.24, 2.45) is 0 Å². The number of fused-ring (bicyclic) bond motifs is 11. The highest BCUT2D eigenvalue weighted by atomic mass is 32.1. The molecule has 53 heavy (non-hydrogen) atoms. The Hall–Kier alpha value is -6.82. The van der Waals surface area contributed by atoms with Crippen molar-refractivity contribution < 1.29 is 4.42 Å². The van der Waals surface area contributed by atoms with Crippen molar-refractivity contribution in [1.82, 2.24) is 14.5 Å². The van der Waals surface area contributed by atoms with E-state index in [-0.39, 0.29) is 0 Å². The summed E-state index contributed by atoms with van der Waals surface area (Å²) in [6, 6.07) is 58.3. The SMILES string of the molecule is c1ccc2cc(-c3nc(-c4ccc5c(c4)oc4c(-n6c7ccccc7c7cc8ccccc8cc76)cccc45)nc4c3sc3ccccc34)ccc2c1. The topological polar surface area (TPSA) is 43.9 Å². The first kappa shape index (κ1) is 28.8. The van der Waals surface area contributed by atoms with Crippen molar-refractivity contribution in [3.05, 3.63) is 164 Å². The molecule has 0 bridgehead atoms. The van der Waals surface area contributed by atoms with Crippen LogP contribution in [0.2, 0.25) is 0 Å². The summed E-state index contributed by atoms with van der Waals surface area (Å²) in [7, 11) is 0. The minimum atomic E-state index is 0.682. The Kier molecular flexibility index (Phi) is 5.90. The van der Waals surface area contributed by atoms with Crippen LogP contribution in [0.3, 0.4) is 0 Å². The highest BCUT2D eigenvalue weighted by Gasteiger charge is 2.20. The first-order chi connectivity index (χ1) is 26.2. The predicted octanol–water partition coefficient (Wildman–Crippen LogP) is 13.5. The lowest BCUT2D eigenvalue weighted by Gasteiger charge is -2.09. The van der Waals surface area contributed by atoms with E-state index < -0.39 is 0 Å². The molecular formula is C48H27N3OS. The zero-order valence-electron chi connectivity index (χ0n) is 28.2. The van der Waals surface area contributed by atoms with E-state index in [2.05, 4.69) is 168 Å². The molecule has 4 nitrogen and oxygen atoms in total. The summed E-state index contributed by atoms with van der Waals surface area (Å²) in [6.07, 6.45) is 0. The molecule has 0 fully saturated rings. The van der Waals surface area contributed by atoms with Crippen LogP contribution >= 0.6 is 11.3 Å². The Bertz CT molecular complexity index is 3480. The van der Waals surface area contributed by atoms with E-state index in [0.29, 0.717) is 5.82 Å². The summed E-state index contributed by atoms with van der Waals surface area (Å²) in [5.74, 6) is 0.682. The van der Waals surface area contributed by atoms with E-state index in [1.807, 2.05) is 0 Å². The molecule has 0 radical (unpaired) electrons. The molecule has 12 rings (SSSR count). The van der Waals surface area contributed by atoms with E-state index in [1.165, 1.54) is 37.0 Å². The average molecular weight is 694 g/mol. The van der Waals surface area contributed by atoms with Crippen LogP contribution < -0.4 is 0 Å². The van der Waals surface area contributed by atoms with Gasteiger partial charge in [0.2, 0.25) is 0 Å². The minimum absolute atomic E-state index is 0.682. The molecule has 0 aliphatic heterocycles. The van der Waals surface area contributed by atoms with Crippen LogP contribution in [-0.2, 0) is 0 Å². The van der Waals surface area contributed by atoms with E-state index >= 15 is 0 Å². The maximum absolute atomic E-state index is 6.89. The number of aromatic nitrogens is 3. The Morgan fingerprint density at radius 3 is 2.08 bits per heavy atom. The van der Waals surface area contributed by atoms with Gasteiger partial charge in [-0.3, -0.25) is 0 Å². The number of hydrogen-bond donors (Lipinski definition) is 0. The molecule has 8 aromatic carbocycles. The zero-order valence-corrected chi connectivity index (χ0v) is 29.1. The van der Waals surface area contributed by atoms with Gasteiger partial charge in [-0.15, -0.1) is 11.3 Å². The number of benzene rings is 8. The quantitative estimate of drug-likeness (QED) is 0.185. The van der Waals surface area contributed by atoms with Gasteiger partial charge in [0.05, 0.1) is 32.6 Å². The average Bonchev–Trinajstić information content (AvgIpc) is 3.88. The molecule has 0 aliphatic carbocycles. The second-order valence-corrected chi connectivity index (χ2v) is 14.8. The maximum Gasteiger partial charge on any atom is 0.160 e. The molecule has 246 valence electrons. The first-order valence-corrected chi connectivity index (χ1v) is 18.6. The van der Waals surface area contributed by atoms with Crippen LogP contribution in [0.15, 0.2) is 168 Å². The molecule has 0 saturated heterocycles. The standard InChI is InChI=1S/C48H27N3OS/c1-2-11-29-24-32(21-20-28(29)10-1)44-47-45(37-15-6-8-19-43(37)53-47)50-48(49-44)33-22-23-35-36-16-9-18-40(46(36)52-42(35)27-33)51-39-17-7-5-14-34(39)38-25-30-12-3-4-13-31(30)26-41(38)51/h1-27H. The molecule has 4 heterocycles. The molecule has 0 saturated carbocycles. The highest BCUT2D eigenvalue weighted by molar-refractivity contribution is 7.26. The highest BCUT2D eigenvalue weighted by Crippen LogP contribution is 2.42. The van der Waals surface area contributed by atoms with Crippen LogP contribution in [0.4, 0.5) is 0 Å². The Balaban J connectivity index is 1.08. The zero-order chi connectivity index (χ0) is 34.6. The molecule has 0 aliphatic rings. The predicted molar refractivity (Wildman–Crippen MR) is 222 cm³/mol. The van der Waals surface area contributed by atoms with Crippen LogP contribution in [0, 0.1) is 0 Å². The van der Waals surface area contributed by atoms with Gasteiger partial charge >= 0.3 is 0 Å². The van der Waals surface area contributed by atoms with Gasteiger partial charge in [-0.2, -0.15) is 0 Å². The molecule has 5 heteroatoms. The number of hydrogen-bond acceptors (Lipinski definition) is 4. The number of rotatable bonds is 3. The normalized spacial score (nSPS) is 12.2. The fourth-order valence-corrected chi connectivity index (χ4v) is 9.42. The van der Waals surface area contributed by atoms with Crippen molar-refractivity contribution in [3.63, 3.8) is 0 Å². The third-order valence-electron chi connectivity index (χ3n) is 10.8. The van der Waals surface area contributed by atoms with Crippen LogP contribution in [0.1, 0.15) is 0 Å². The van der Waals surface area contributed by atoms with Gasteiger partial charge in [0.25, 0.3) is 0 Å². The van der Waals surface area contributed by atoms with Crippen molar-refractivity contribution >= 4 is 96.9 Å². The van der Waals surface area contributed by atoms with Gasteiger partial charge in [0, 0.05) is 42.8 Å². The molecule has 0 spiro atoms. The van der Waals surface area contributed by atoms with Crippen LogP contribution in [-0.4, -0.2) is 14.5 Å². The summed E-state index contributed by atoms with van der Waals surface area (Å²) >= 11 is 1.75. The fourth-order valence-electron chi connectivity index (χ4n) is 8.27. The van der Waals surface area contributed by atoms with E-state index in [9.17, 15) is 0 Å². The van der Waals surface area contributed by atoms with Crippen LogP contribution in [0.5, 0.6) is 0 Å². The summed E-state index contributed by atoms with van der Waals surface area (Å²) in [5, 5.41) is 10.6. The van der Waals surface area contributed by atoms with E-state index in [0.717, 1.165) is 71.1 Å². The summed E-state index contributed by atoms with van der Waals surface area (Å²) in [4.78, 5) is 10.6. The minimum Gasteiger partial charge on any atom is -0.454 e. The second-order valence-electron chi connectivity index (χ2n) is 13.8.